The number of methoxy groups -OCH3 is 1. The molecule has 0 bridgehead atoms. The van der Waals surface area contributed by atoms with Crippen LogP contribution in [-0.2, 0) is 6.42 Å². The second-order valence-corrected chi connectivity index (χ2v) is 5.22. The molecular formula is C13H12BrClN2O. The van der Waals surface area contributed by atoms with Gasteiger partial charge < -0.3 is 4.74 Å². The second-order valence-electron chi connectivity index (χ2n) is 3.78. The monoisotopic (exact) mass is 326 g/mol. The molecule has 0 saturated heterocycles. The lowest BCUT2D eigenvalue weighted by atomic mass is 10.1. The van der Waals surface area contributed by atoms with Crippen LogP contribution in [0.15, 0.2) is 41.1 Å². The van der Waals surface area contributed by atoms with Gasteiger partial charge in [0.05, 0.1) is 12.5 Å². The lowest BCUT2D eigenvalue weighted by molar-refractivity contribution is 0.396. The van der Waals surface area contributed by atoms with Gasteiger partial charge in [-0.3, -0.25) is 0 Å². The molecule has 1 aromatic carbocycles. The first kappa shape index (κ1) is 13.3. The molecule has 1 unspecified atom stereocenters. The van der Waals surface area contributed by atoms with Crippen molar-refractivity contribution >= 4 is 27.5 Å². The Bertz CT molecular complexity index is 536. The molecule has 0 spiro atoms. The Hall–Kier alpha value is -1.13. The summed E-state index contributed by atoms with van der Waals surface area (Å²) in [4.78, 5) is 8.16. The number of aromatic nitrogens is 2. The number of hydrogen-bond donors (Lipinski definition) is 0. The molecule has 0 fully saturated rings. The third-order valence-electron chi connectivity index (χ3n) is 2.51. The zero-order chi connectivity index (χ0) is 13.0. The average Bonchev–Trinajstić information content (AvgIpc) is 2.39. The summed E-state index contributed by atoms with van der Waals surface area (Å²) in [5, 5.41) is -0.123. The maximum Gasteiger partial charge on any atom is 0.216 e. The highest BCUT2D eigenvalue weighted by Crippen LogP contribution is 2.26. The van der Waals surface area contributed by atoms with E-state index in [2.05, 4.69) is 25.9 Å². The molecule has 1 aromatic heterocycles. The standard InChI is InChI=1S/C13H12BrClN2O/c1-18-13-7-11(16-8-17-13)6-12(15)9-3-2-4-10(14)5-9/h2-5,7-8,12H,6H2,1H3. The van der Waals surface area contributed by atoms with Gasteiger partial charge in [0.2, 0.25) is 5.88 Å². The number of ether oxygens (including phenoxy) is 1. The third kappa shape index (κ3) is 3.43. The molecule has 94 valence electrons. The Balaban J connectivity index is 2.13. The maximum absolute atomic E-state index is 6.39. The van der Waals surface area contributed by atoms with Crippen molar-refractivity contribution < 1.29 is 4.74 Å². The first-order valence-electron chi connectivity index (χ1n) is 5.43. The van der Waals surface area contributed by atoms with Gasteiger partial charge in [-0.2, -0.15) is 0 Å². The topological polar surface area (TPSA) is 35.0 Å². The van der Waals surface area contributed by atoms with E-state index in [1.54, 1.807) is 13.2 Å². The minimum Gasteiger partial charge on any atom is -0.481 e. The Labute approximate surface area is 119 Å². The summed E-state index contributed by atoms with van der Waals surface area (Å²) in [7, 11) is 1.58. The van der Waals surface area contributed by atoms with E-state index in [-0.39, 0.29) is 5.38 Å². The van der Waals surface area contributed by atoms with Crippen LogP contribution in [0.1, 0.15) is 16.6 Å². The third-order valence-corrected chi connectivity index (χ3v) is 3.41. The van der Waals surface area contributed by atoms with Crippen molar-refractivity contribution in [2.24, 2.45) is 0 Å². The van der Waals surface area contributed by atoms with E-state index in [0.717, 1.165) is 15.7 Å². The Morgan fingerprint density at radius 2 is 2.17 bits per heavy atom. The molecule has 0 aliphatic carbocycles. The fraction of sp³-hybridized carbons (Fsp3) is 0.231. The summed E-state index contributed by atoms with van der Waals surface area (Å²) in [5.41, 5.74) is 1.92. The number of rotatable bonds is 4. The van der Waals surface area contributed by atoms with Gasteiger partial charge in [-0.15, -0.1) is 11.6 Å². The Morgan fingerprint density at radius 3 is 2.89 bits per heavy atom. The predicted molar refractivity (Wildman–Crippen MR) is 75.0 cm³/mol. The van der Waals surface area contributed by atoms with Crippen molar-refractivity contribution in [3.05, 3.63) is 52.4 Å². The molecule has 2 aromatic rings. The summed E-state index contributed by atoms with van der Waals surface area (Å²) in [6.45, 7) is 0. The highest BCUT2D eigenvalue weighted by molar-refractivity contribution is 9.10. The van der Waals surface area contributed by atoms with Crippen molar-refractivity contribution in [1.29, 1.82) is 0 Å². The summed E-state index contributed by atoms with van der Waals surface area (Å²) in [6, 6.07) is 9.75. The minimum atomic E-state index is -0.123. The molecule has 18 heavy (non-hydrogen) atoms. The molecule has 0 saturated carbocycles. The molecule has 0 amide bonds. The van der Waals surface area contributed by atoms with Crippen molar-refractivity contribution in [2.45, 2.75) is 11.8 Å². The molecular weight excluding hydrogens is 316 g/mol. The number of hydrogen-bond acceptors (Lipinski definition) is 3. The number of benzene rings is 1. The van der Waals surface area contributed by atoms with E-state index >= 15 is 0 Å². The van der Waals surface area contributed by atoms with Crippen LogP contribution in [0.3, 0.4) is 0 Å². The molecule has 5 heteroatoms. The Morgan fingerprint density at radius 1 is 1.33 bits per heavy atom. The van der Waals surface area contributed by atoms with Gasteiger partial charge in [-0.25, -0.2) is 9.97 Å². The second kappa shape index (κ2) is 6.16. The number of halogens is 2. The van der Waals surface area contributed by atoms with Gasteiger partial charge in [-0.05, 0) is 17.7 Å². The normalized spacial score (nSPS) is 12.2. The molecule has 0 N–H and O–H groups in total. The first-order valence-corrected chi connectivity index (χ1v) is 6.66. The molecule has 1 heterocycles. The van der Waals surface area contributed by atoms with E-state index in [9.17, 15) is 0 Å². The highest BCUT2D eigenvalue weighted by atomic mass is 79.9. The van der Waals surface area contributed by atoms with Crippen LogP contribution < -0.4 is 4.74 Å². The molecule has 3 nitrogen and oxygen atoms in total. The van der Waals surface area contributed by atoms with Crippen molar-refractivity contribution in [1.82, 2.24) is 9.97 Å². The zero-order valence-electron chi connectivity index (χ0n) is 9.81. The number of alkyl halides is 1. The van der Waals surface area contributed by atoms with Gasteiger partial charge in [0.25, 0.3) is 0 Å². The van der Waals surface area contributed by atoms with Crippen LogP contribution in [0.5, 0.6) is 5.88 Å². The minimum absolute atomic E-state index is 0.123. The molecule has 0 aliphatic rings. The van der Waals surface area contributed by atoms with E-state index in [1.807, 2.05) is 24.3 Å². The van der Waals surface area contributed by atoms with E-state index in [4.69, 9.17) is 16.3 Å². The molecule has 0 radical (unpaired) electrons. The summed E-state index contributed by atoms with van der Waals surface area (Å²) < 4.78 is 6.08. The van der Waals surface area contributed by atoms with Gasteiger partial charge in [0.15, 0.2) is 0 Å². The van der Waals surface area contributed by atoms with Crippen molar-refractivity contribution in [2.75, 3.05) is 7.11 Å². The van der Waals surface area contributed by atoms with Crippen LogP contribution in [0.4, 0.5) is 0 Å². The molecule has 1 atom stereocenters. The van der Waals surface area contributed by atoms with E-state index in [1.165, 1.54) is 6.33 Å². The Kier molecular flexibility index (Phi) is 4.55. The average molecular weight is 328 g/mol. The SMILES string of the molecule is COc1cc(CC(Cl)c2cccc(Br)c2)ncn1. The van der Waals surface area contributed by atoms with Crippen LogP contribution in [0.25, 0.3) is 0 Å². The van der Waals surface area contributed by atoms with Gasteiger partial charge in [0, 0.05) is 22.7 Å². The van der Waals surface area contributed by atoms with Crippen molar-refractivity contribution in [3.8, 4) is 5.88 Å². The predicted octanol–water partition coefficient (Wildman–Crippen LogP) is 3.77. The van der Waals surface area contributed by atoms with Crippen LogP contribution >= 0.6 is 27.5 Å². The van der Waals surface area contributed by atoms with E-state index in [0.29, 0.717) is 12.3 Å². The maximum atomic E-state index is 6.39. The summed E-state index contributed by atoms with van der Waals surface area (Å²) >= 11 is 9.82. The first-order chi connectivity index (χ1) is 8.69. The van der Waals surface area contributed by atoms with Crippen molar-refractivity contribution in [3.63, 3.8) is 0 Å². The molecule has 2 rings (SSSR count). The largest absolute Gasteiger partial charge is 0.481 e. The van der Waals surface area contributed by atoms with Gasteiger partial charge in [0.1, 0.15) is 6.33 Å². The number of nitrogens with zero attached hydrogens (tertiary/aromatic N) is 2. The summed E-state index contributed by atoms with van der Waals surface area (Å²) in [6.07, 6.45) is 2.12. The van der Waals surface area contributed by atoms with E-state index < -0.39 is 0 Å². The summed E-state index contributed by atoms with van der Waals surface area (Å²) in [5.74, 6) is 0.554. The lowest BCUT2D eigenvalue weighted by Crippen LogP contribution is -2.00. The van der Waals surface area contributed by atoms with Gasteiger partial charge >= 0.3 is 0 Å². The fourth-order valence-corrected chi connectivity index (χ4v) is 2.31. The van der Waals surface area contributed by atoms with Crippen LogP contribution in [0, 0.1) is 0 Å². The highest BCUT2D eigenvalue weighted by Gasteiger charge is 2.11. The lowest BCUT2D eigenvalue weighted by Gasteiger charge is -2.10. The van der Waals surface area contributed by atoms with Crippen LogP contribution in [0.2, 0.25) is 0 Å². The quantitative estimate of drug-likeness (QED) is 0.802. The smallest absolute Gasteiger partial charge is 0.216 e. The van der Waals surface area contributed by atoms with Gasteiger partial charge in [-0.1, -0.05) is 28.1 Å². The van der Waals surface area contributed by atoms with Crippen LogP contribution in [-0.4, -0.2) is 17.1 Å². The fourth-order valence-electron chi connectivity index (χ4n) is 1.60. The molecule has 0 aliphatic heterocycles. The zero-order valence-corrected chi connectivity index (χ0v) is 12.1.